The third-order valence-electron chi connectivity index (χ3n) is 2.12. The van der Waals surface area contributed by atoms with Gasteiger partial charge in [0.2, 0.25) is 0 Å². The minimum atomic E-state index is 0.103. The van der Waals surface area contributed by atoms with Crippen molar-refractivity contribution in [1.82, 2.24) is 0 Å². The first-order chi connectivity index (χ1) is 7.33. The van der Waals surface area contributed by atoms with E-state index in [1.807, 2.05) is 31.2 Å². The maximum Gasteiger partial charge on any atom is 0.0720 e. The Hall–Kier alpha value is -1.12. The molecule has 0 heterocycles. The summed E-state index contributed by atoms with van der Waals surface area (Å²) in [5, 5.41) is 8.56. The topological polar surface area (TPSA) is 29.5 Å². The van der Waals surface area contributed by atoms with Crippen LogP contribution in [0.5, 0.6) is 0 Å². The van der Waals surface area contributed by atoms with Crippen LogP contribution in [-0.4, -0.2) is 17.8 Å². The number of hydrogen-bond donors (Lipinski definition) is 1. The summed E-state index contributed by atoms with van der Waals surface area (Å²) in [6.07, 6.45) is 4.71. The van der Waals surface area contributed by atoms with Crippen molar-refractivity contribution >= 4 is 0 Å². The van der Waals surface area contributed by atoms with Gasteiger partial charge in [0, 0.05) is 0 Å². The normalized spacial score (nSPS) is 13.2. The Kier molecular flexibility index (Phi) is 5.74. The number of rotatable bonds is 6. The van der Waals surface area contributed by atoms with Crippen molar-refractivity contribution in [3.63, 3.8) is 0 Å². The van der Waals surface area contributed by atoms with Crippen molar-refractivity contribution in [2.24, 2.45) is 0 Å². The van der Waals surface area contributed by atoms with Crippen LogP contribution in [0.4, 0.5) is 0 Å². The van der Waals surface area contributed by atoms with Gasteiger partial charge in [-0.3, -0.25) is 0 Å². The summed E-state index contributed by atoms with van der Waals surface area (Å²) in [7, 11) is 0. The van der Waals surface area contributed by atoms with Crippen molar-refractivity contribution in [3.05, 3.63) is 48.0 Å². The van der Waals surface area contributed by atoms with Crippen molar-refractivity contribution in [2.75, 3.05) is 6.61 Å². The molecule has 0 saturated heterocycles. The first-order valence-corrected chi connectivity index (χ1v) is 5.24. The van der Waals surface area contributed by atoms with E-state index < -0.39 is 0 Å². The summed E-state index contributed by atoms with van der Waals surface area (Å²) in [4.78, 5) is 0. The van der Waals surface area contributed by atoms with Crippen molar-refractivity contribution in [2.45, 2.75) is 26.1 Å². The minimum Gasteiger partial charge on any atom is -0.392 e. The Morgan fingerprint density at radius 3 is 2.67 bits per heavy atom. The van der Waals surface area contributed by atoms with E-state index in [0.29, 0.717) is 6.61 Å². The molecule has 0 aliphatic heterocycles. The molecule has 0 spiro atoms. The lowest BCUT2D eigenvalue weighted by Gasteiger charge is -2.10. The molecule has 15 heavy (non-hydrogen) atoms. The highest BCUT2D eigenvalue weighted by Crippen LogP contribution is 2.05. The van der Waals surface area contributed by atoms with Gasteiger partial charge in [-0.15, -0.1) is 0 Å². The smallest absolute Gasteiger partial charge is 0.0720 e. The molecule has 0 aromatic heterocycles. The van der Waals surface area contributed by atoms with E-state index >= 15 is 0 Å². The summed E-state index contributed by atoms with van der Waals surface area (Å²) >= 11 is 0. The summed E-state index contributed by atoms with van der Waals surface area (Å²) in [5.41, 5.74) is 1.19. The molecule has 0 aliphatic rings. The first-order valence-electron chi connectivity index (χ1n) is 5.24. The Bertz CT molecular complexity index is 280. The quantitative estimate of drug-likeness (QED) is 0.725. The second-order valence-corrected chi connectivity index (χ2v) is 3.50. The molecule has 0 unspecified atom stereocenters. The van der Waals surface area contributed by atoms with Crippen molar-refractivity contribution < 1.29 is 9.84 Å². The number of hydrogen-bond acceptors (Lipinski definition) is 2. The molecular weight excluding hydrogens is 188 g/mol. The van der Waals surface area contributed by atoms with E-state index in [9.17, 15) is 0 Å². The van der Waals surface area contributed by atoms with Crippen molar-refractivity contribution in [3.8, 4) is 0 Å². The van der Waals surface area contributed by atoms with Gasteiger partial charge < -0.3 is 9.84 Å². The molecule has 1 rings (SSSR count). The highest BCUT2D eigenvalue weighted by Gasteiger charge is 1.99. The third-order valence-corrected chi connectivity index (χ3v) is 2.12. The molecule has 82 valence electrons. The second kappa shape index (κ2) is 7.21. The summed E-state index contributed by atoms with van der Waals surface area (Å²) < 4.78 is 5.64. The zero-order valence-electron chi connectivity index (χ0n) is 9.10. The fraction of sp³-hybridized carbons (Fsp3) is 0.385. The van der Waals surface area contributed by atoms with Crippen LogP contribution >= 0.6 is 0 Å². The fourth-order valence-corrected chi connectivity index (χ4v) is 1.24. The highest BCUT2D eigenvalue weighted by atomic mass is 16.5. The molecule has 1 aromatic rings. The van der Waals surface area contributed by atoms with Gasteiger partial charge in [0.15, 0.2) is 0 Å². The van der Waals surface area contributed by atoms with Crippen LogP contribution in [0.1, 0.15) is 18.9 Å². The van der Waals surface area contributed by atoms with Crippen LogP contribution in [-0.2, 0) is 11.3 Å². The third kappa shape index (κ3) is 5.35. The Labute approximate surface area is 91.2 Å². The molecule has 2 nitrogen and oxygen atoms in total. The second-order valence-electron chi connectivity index (χ2n) is 3.50. The molecule has 0 radical (unpaired) electrons. The Balaban J connectivity index is 2.22. The lowest BCUT2D eigenvalue weighted by molar-refractivity contribution is 0.0552. The number of aliphatic hydroxyl groups is 1. The number of benzene rings is 1. The number of ether oxygens (including phenoxy) is 1. The standard InChI is InChI=1S/C13H18O2/c1-12(7-5-6-10-14)15-11-13-8-3-2-4-9-13/h2-6,8-9,12,14H,7,10-11H2,1H3/b6-5+/t12-/m1/s1. The molecule has 1 N–H and O–H groups in total. The summed E-state index contributed by atoms with van der Waals surface area (Å²) in [5.74, 6) is 0. The van der Waals surface area contributed by atoms with Gasteiger partial charge in [-0.05, 0) is 18.9 Å². The summed E-state index contributed by atoms with van der Waals surface area (Å²) in [6, 6.07) is 10.1. The van der Waals surface area contributed by atoms with Crippen LogP contribution in [0.25, 0.3) is 0 Å². The molecule has 0 bridgehead atoms. The van der Waals surface area contributed by atoms with E-state index in [1.54, 1.807) is 6.08 Å². The SMILES string of the molecule is C[C@H](C/C=C/CO)OCc1ccccc1. The first kappa shape index (κ1) is 12.0. The monoisotopic (exact) mass is 206 g/mol. The van der Waals surface area contributed by atoms with Crippen LogP contribution in [0.2, 0.25) is 0 Å². The highest BCUT2D eigenvalue weighted by molar-refractivity contribution is 5.13. The molecular formula is C13H18O2. The number of aliphatic hydroxyl groups excluding tert-OH is 1. The molecule has 0 amide bonds. The predicted molar refractivity (Wildman–Crippen MR) is 61.5 cm³/mol. The minimum absolute atomic E-state index is 0.103. The molecule has 1 atom stereocenters. The average molecular weight is 206 g/mol. The maximum absolute atomic E-state index is 8.56. The largest absolute Gasteiger partial charge is 0.392 e. The van der Waals surface area contributed by atoms with Gasteiger partial charge in [-0.1, -0.05) is 42.5 Å². The zero-order chi connectivity index (χ0) is 10.9. The van der Waals surface area contributed by atoms with Gasteiger partial charge in [0.25, 0.3) is 0 Å². The van der Waals surface area contributed by atoms with Gasteiger partial charge >= 0.3 is 0 Å². The van der Waals surface area contributed by atoms with Crippen LogP contribution in [0, 0.1) is 0 Å². The summed E-state index contributed by atoms with van der Waals surface area (Å²) in [6.45, 7) is 2.78. The predicted octanol–water partition coefficient (Wildman–Crippen LogP) is 2.53. The maximum atomic E-state index is 8.56. The lowest BCUT2D eigenvalue weighted by Crippen LogP contribution is -2.06. The van der Waals surface area contributed by atoms with Gasteiger partial charge in [-0.25, -0.2) is 0 Å². The van der Waals surface area contributed by atoms with Crippen LogP contribution in [0.3, 0.4) is 0 Å². The average Bonchev–Trinajstić information content (AvgIpc) is 2.28. The molecule has 1 aromatic carbocycles. The van der Waals surface area contributed by atoms with Crippen molar-refractivity contribution in [1.29, 1.82) is 0 Å². The molecule has 0 aliphatic carbocycles. The van der Waals surface area contributed by atoms with Gasteiger partial charge in [0.1, 0.15) is 0 Å². The van der Waals surface area contributed by atoms with E-state index in [4.69, 9.17) is 9.84 Å². The van der Waals surface area contributed by atoms with E-state index in [0.717, 1.165) is 6.42 Å². The van der Waals surface area contributed by atoms with Crippen LogP contribution < -0.4 is 0 Å². The van der Waals surface area contributed by atoms with Crippen LogP contribution in [0.15, 0.2) is 42.5 Å². The molecule has 0 saturated carbocycles. The molecule has 0 fully saturated rings. The lowest BCUT2D eigenvalue weighted by atomic mass is 10.2. The zero-order valence-corrected chi connectivity index (χ0v) is 9.10. The Morgan fingerprint density at radius 1 is 1.27 bits per heavy atom. The Morgan fingerprint density at radius 2 is 2.00 bits per heavy atom. The van der Waals surface area contributed by atoms with Gasteiger partial charge in [-0.2, -0.15) is 0 Å². The fourth-order valence-electron chi connectivity index (χ4n) is 1.24. The molecule has 2 heteroatoms. The van der Waals surface area contributed by atoms with Gasteiger partial charge in [0.05, 0.1) is 19.3 Å². The van der Waals surface area contributed by atoms with E-state index in [2.05, 4.69) is 12.1 Å². The van der Waals surface area contributed by atoms with E-state index in [1.165, 1.54) is 5.56 Å². The van der Waals surface area contributed by atoms with E-state index in [-0.39, 0.29) is 12.7 Å².